The van der Waals surface area contributed by atoms with E-state index in [0.717, 1.165) is 77.6 Å². The van der Waals surface area contributed by atoms with Gasteiger partial charge in [-0.05, 0) is 58.3 Å². The van der Waals surface area contributed by atoms with E-state index in [-0.39, 0.29) is 5.69 Å². The van der Waals surface area contributed by atoms with Crippen LogP contribution in [-0.2, 0) is 14.1 Å². The van der Waals surface area contributed by atoms with Crippen LogP contribution in [0, 0.1) is 0 Å². The Morgan fingerprint density at radius 2 is 1.21 bits per heavy atom. The number of nitrogens with zero attached hydrogens (tertiary/aromatic N) is 4. The average Bonchev–Trinajstić information content (AvgIpc) is 3.60. The van der Waals surface area contributed by atoms with Crippen LogP contribution in [0.2, 0.25) is 0 Å². The van der Waals surface area contributed by atoms with Gasteiger partial charge < -0.3 is 4.42 Å². The highest BCUT2D eigenvalue weighted by Crippen LogP contribution is 2.39. The number of rotatable bonds is 4. The lowest BCUT2D eigenvalue weighted by atomic mass is 9.99. The zero-order chi connectivity index (χ0) is 31.6. The van der Waals surface area contributed by atoms with Gasteiger partial charge in [-0.3, -0.25) is 9.13 Å². The molecule has 6 aromatic carbocycles. The molecule has 0 bridgehead atoms. The summed E-state index contributed by atoms with van der Waals surface area (Å²) < 4.78 is 9.75. The van der Waals surface area contributed by atoms with E-state index < -0.39 is 0 Å². The van der Waals surface area contributed by atoms with Crippen LogP contribution in [0.5, 0.6) is 0 Å². The second kappa shape index (κ2) is 10.4. The predicted octanol–water partition coefficient (Wildman–Crippen LogP) is 9.39. The first-order valence-corrected chi connectivity index (χ1v) is 15.6. The van der Waals surface area contributed by atoms with Gasteiger partial charge >= 0.3 is 5.69 Å². The van der Waals surface area contributed by atoms with Crippen molar-refractivity contribution in [1.29, 1.82) is 0 Å². The van der Waals surface area contributed by atoms with Crippen molar-refractivity contribution in [3.05, 3.63) is 144 Å². The third-order valence-corrected chi connectivity index (χ3v) is 9.18. The van der Waals surface area contributed by atoms with E-state index in [1.54, 1.807) is 16.2 Å². The third-order valence-electron chi connectivity index (χ3n) is 9.18. The molecule has 0 aliphatic carbocycles. The number of hydrogen-bond acceptors (Lipinski definition) is 4. The number of imidazole rings is 1. The van der Waals surface area contributed by atoms with Crippen molar-refractivity contribution in [2.75, 3.05) is 0 Å². The molecule has 0 aliphatic rings. The molecule has 0 spiro atoms. The molecule has 0 unspecified atom stereocenters. The molecule has 0 atom stereocenters. The molecule has 0 radical (unpaired) electrons. The first kappa shape index (κ1) is 27.1. The normalized spacial score (nSPS) is 11.7. The van der Waals surface area contributed by atoms with E-state index in [0.29, 0.717) is 5.82 Å². The molecule has 47 heavy (non-hydrogen) atoms. The number of aromatic nitrogens is 4. The molecule has 0 N–H and O–H groups in total. The van der Waals surface area contributed by atoms with Gasteiger partial charge in [0.25, 0.3) is 0 Å². The van der Waals surface area contributed by atoms with Gasteiger partial charge in [0.05, 0.1) is 22.4 Å². The number of fused-ring (bicyclic) bond motifs is 5. The minimum Gasteiger partial charge on any atom is -0.456 e. The van der Waals surface area contributed by atoms with Crippen molar-refractivity contribution in [2.24, 2.45) is 14.1 Å². The Morgan fingerprint density at radius 1 is 0.532 bits per heavy atom. The van der Waals surface area contributed by atoms with Gasteiger partial charge in [-0.2, -0.15) is 0 Å². The standard InChI is InChI=1S/C41H28N4O2/c1-44-35-20-19-30(22-36(35)45(2)41(44)46)25-15-17-26(18-16-25)33-24-34(43-40(42-33)27-9-4-3-5-10-27)31-13-8-14-37-39(31)32-21-28-11-6-7-12-29(28)23-38(32)47-37/h3-24H,1-2H3. The van der Waals surface area contributed by atoms with Crippen LogP contribution in [0.25, 0.3) is 88.8 Å². The van der Waals surface area contributed by atoms with Crippen molar-refractivity contribution in [1.82, 2.24) is 19.1 Å². The van der Waals surface area contributed by atoms with Gasteiger partial charge in [-0.25, -0.2) is 14.8 Å². The number of benzene rings is 6. The lowest BCUT2D eigenvalue weighted by Crippen LogP contribution is -2.19. The van der Waals surface area contributed by atoms with Crippen molar-refractivity contribution in [2.45, 2.75) is 0 Å². The Morgan fingerprint density at radius 3 is 2.02 bits per heavy atom. The minimum atomic E-state index is -0.0336. The maximum atomic E-state index is 12.5. The fraction of sp³-hybridized carbons (Fsp3) is 0.0488. The van der Waals surface area contributed by atoms with E-state index in [4.69, 9.17) is 14.4 Å². The zero-order valence-electron chi connectivity index (χ0n) is 25.8. The molecule has 0 saturated heterocycles. The summed E-state index contributed by atoms with van der Waals surface area (Å²) in [4.78, 5) is 22.7. The summed E-state index contributed by atoms with van der Waals surface area (Å²) in [6.45, 7) is 0. The maximum absolute atomic E-state index is 12.5. The van der Waals surface area contributed by atoms with Gasteiger partial charge in [0.1, 0.15) is 11.2 Å². The molecule has 3 aromatic heterocycles. The fourth-order valence-electron chi connectivity index (χ4n) is 6.69. The molecule has 6 nitrogen and oxygen atoms in total. The van der Waals surface area contributed by atoms with Crippen LogP contribution >= 0.6 is 0 Å². The average molecular weight is 609 g/mol. The molecule has 0 amide bonds. The smallest absolute Gasteiger partial charge is 0.328 e. The van der Waals surface area contributed by atoms with Gasteiger partial charge in [0.15, 0.2) is 5.82 Å². The highest BCUT2D eigenvalue weighted by molar-refractivity contribution is 6.15. The Hall–Kier alpha value is -6.27. The van der Waals surface area contributed by atoms with Crippen LogP contribution in [0.15, 0.2) is 143 Å². The zero-order valence-corrected chi connectivity index (χ0v) is 25.8. The largest absolute Gasteiger partial charge is 0.456 e. The number of furan rings is 1. The Balaban J connectivity index is 1.20. The lowest BCUT2D eigenvalue weighted by Gasteiger charge is -2.11. The fourth-order valence-corrected chi connectivity index (χ4v) is 6.69. The highest BCUT2D eigenvalue weighted by Gasteiger charge is 2.17. The summed E-state index contributed by atoms with van der Waals surface area (Å²) in [6, 6.07) is 45.6. The maximum Gasteiger partial charge on any atom is 0.328 e. The van der Waals surface area contributed by atoms with E-state index in [1.165, 1.54) is 5.39 Å². The molecule has 3 heterocycles. The van der Waals surface area contributed by atoms with Gasteiger partial charge in [-0.1, -0.05) is 97.1 Å². The van der Waals surface area contributed by atoms with Crippen LogP contribution in [0.3, 0.4) is 0 Å². The molecular formula is C41H28N4O2. The first-order chi connectivity index (χ1) is 23.0. The summed E-state index contributed by atoms with van der Waals surface area (Å²) in [7, 11) is 3.61. The van der Waals surface area contributed by atoms with Crippen LogP contribution in [-0.4, -0.2) is 19.1 Å². The molecule has 0 saturated carbocycles. The predicted molar refractivity (Wildman–Crippen MR) is 190 cm³/mol. The summed E-state index contributed by atoms with van der Waals surface area (Å²) in [5, 5.41) is 4.41. The summed E-state index contributed by atoms with van der Waals surface area (Å²) in [5.74, 6) is 0.660. The molecule has 9 aromatic rings. The van der Waals surface area contributed by atoms with Crippen molar-refractivity contribution in [3.63, 3.8) is 0 Å². The molecule has 0 fully saturated rings. The Bertz CT molecular complexity index is 2720. The first-order valence-electron chi connectivity index (χ1n) is 15.6. The SMILES string of the molecule is Cn1c(=O)n(C)c2cc(-c3ccc(-c4cc(-c5cccc6oc7cc8ccccc8cc7c56)nc(-c5ccccc5)n4)cc3)ccc21. The summed E-state index contributed by atoms with van der Waals surface area (Å²) in [5.41, 5.74) is 10.2. The van der Waals surface area contributed by atoms with Crippen LogP contribution in [0.1, 0.15) is 0 Å². The van der Waals surface area contributed by atoms with Crippen molar-refractivity contribution in [3.8, 4) is 45.0 Å². The molecule has 9 rings (SSSR count). The number of hydrogen-bond donors (Lipinski definition) is 0. The highest BCUT2D eigenvalue weighted by atomic mass is 16.3. The second-order valence-corrected chi connectivity index (χ2v) is 12.0. The van der Waals surface area contributed by atoms with Gasteiger partial charge in [0.2, 0.25) is 0 Å². The quantitative estimate of drug-likeness (QED) is 0.200. The second-order valence-electron chi connectivity index (χ2n) is 12.0. The van der Waals surface area contributed by atoms with E-state index in [1.807, 2.05) is 61.6 Å². The summed E-state index contributed by atoms with van der Waals surface area (Å²) >= 11 is 0. The molecule has 0 aliphatic heterocycles. The Kier molecular flexibility index (Phi) is 5.99. The van der Waals surface area contributed by atoms with Gasteiger partial charge in [0, 0.05) is 41.6 Å². The lowest BCUT2D eigenvalue weighted by molar-refractivity contribution is 0.669. The molecular weight excluding hydrogens is 580 g/mol. The molecule has 6 heteroatoms. The minimum absolute atomic E-state index is 0.0336. The topological polar surface area (TPSA) is 65.8 Å². The number of aryl methyl sites for hydroxylation is 2. The van der Waals surface area contributed by atoms with Crippen molar-refractivity contribution < 1.29 is 4.42 Å². The van der Waals surface area contributed by atoms with E-state index in [2.05, 4.69) is 78.9 Å². The van der Waals surface area contributed by atoms with Crippen LogP contribution in [0.4, 0.5) is 0 Å². The van der Waals surface area contributed by atoms with Crippen molar-refractivity contribution >= 4 is 43.7 Å². The van der Waals surface area contributed by atoms with Crippen LogP contribution < -0.4 is 5.69 Å². The van der Waals surface area contributed by atoms with Gasteiger partial charge in [-0.15, -0.1) is 0 Å². The van der Waals surface area contributed by atoms with E-state index >= 15 is 0 Å². The third kappa shape index (κ3) is 4.37. The summed E-state index contributed by atoms with van der Waals surface area (Å²) in [6.07, 6.45) is 0. The Labute approximate surface area is 269 Å². The van der Waals surface area contributed by atoms with E-state index in [9.17, 15) is 4.79 Å². The molecule has 224 valence electrons. The monoisotopic (exact) mass is 608 g/mol.